The van der Waals surface area contributed by atoms with Gasteiger partial charge < -0.3 is 10.2 Å². The number of hydrogen-bond acceptors (Lipinski definition) is 6. The van der Waals surface area contributed by atoms with Gasteiger partial charge in [0.05, 0.1) is 5.02 Å². The molecule has 0 aliphatic heterocycles. The third-order valence-corrected chi connectivity index (χ3v) is 7.42. The summed E-state index contributed by atoms with van der Waals surface area (Å²) < 4.78 is 17.5. The van der Waals surface area contributed by atoms with E-state index in [1.165, 1.54) is 41.7 Å². The summed E-state index contributed by atoms with van der Waals surface area (Å²) in [7, 11) is 0. The van der Waals surface area contributed by atoms with Crippen LogP contribution in [0.1, 0.15) is 25.0 Å². The molecule has 6 rings (SSSR count). The van der Waals surface area contributed by atoms with Crippen molar-refractivity contribution in [1.82, 2.24) is 28.8 Å². The monoisotopic (exact) mass is 517 g/mol. The molecule has 0 radical (unpaired) electrons. The lowest BCUT2D eigenvalue weighted by atomic mass is 10.1. The summed E-state index contributed by atoms with van der Waals surface area (Å²) in [4.78, 5) is 29.3. The Morgan fingerprint density at radius 1 is 1.14 bits per heavy atom. The maximum atomic E-state index is 14.7. The SMILES string of the molecule is CCN(CC)C1Cc2ccc(Nc3ncc4c(=O)n(-c5c(F)cccc5Cl)c5nccn5c4n3)cc2C1. The normalized spacial score (nSPS) is 15.1. The van der Waals surface area contributed by atoms with Crippen molar-refractivity contribution in [3.63, 3.8) is 0 Å². The minimum Gasteiger partial charge on any atom is -0.324 e. The van der Waals surface area contributed by atoms with Gasteiger partial charge in [-0.1, -0.05) is 37.6 Å². The Bertz CT molecular complexity index is 1690. The summed E-state index contributed by atoms with van der Waals surface area (Å²) in [5.74, 6) is -0.0752. The molecule has 8 nitrogen and oxygen atoms in total. The number of para-hydroxylation sites is 1. The van der Waals surface area contributed by atoms with E-state index in [-0.39, 0.29) is 21.9 Å². The molecule has 37 heavy (non-hydrogen) atoms. The van der Waals surface area contributed by atoms with E-state index in [1.54, 1.807) is 10.6 Å². The molecule has 10 heteroatoms. The fourth-order valence-electron chi connectivity index (χ4n) is 5.31. The largest absolute Gasteiger partial charge is 0.324 e. The average Bonchev–Trinajstić information content (AvgIpc) is 3.54. The number of imidazole rings is 1. The molecule has 3 heterocycles. The maximum Gasteiger partial charge on any atom is 0.270 e. The lowest BCUT2D eigenvalue weighted by Crippen LogP contribution is -2.35. The van der Waals surface area contributed by atoms with Crippen LogP contribution in [0.4, 0.5) is 16.0 Å². The van der Waals surface area contributed by atoms with Gasteiger partial charge in [-0.25, -0.2) is 18.9 Å². The Morgan fingerprint density at radius 2 is 1.95 bits per heavy atom. The van der Waals surface area contributed by atoms with E-state index in [0.717, 1.165) is 36.2 Å². The van der Waals surface area contributed by atoms with E-state index < -0.39 is 11.4 Å². The van der Waals surface area contributed by atoms with E-state index in [9.17, 15) is 9.18 Å². The van der Waals surface area contributed by atoms with Crippen LogP contribution in [-0.2, 0) is 12.8 Å². The molecular formula is C27H25ClFN7O. The third-order valence-electron chi connectivity index (χ3n) is 7.11. The number of rotatable bonds is 6. The number of anilines is 2. The van der Waals surface area contributed by atoms with Crippen LogP contribution in [0.25, 0.3) is 22.5 Å². The highest BCUT2D eigenvalue weighted by molar-refractivity contribution is 6.32. The first-order valence-corrected chi connectivity index (χ1v) is 12.7. The summed E-state index contributed by atoms with van der Waals surface area (Å²) in [5, 5.41) is 3.60. The number of nitrogens with one attached hydrogen (secondary N) is 1. The van der Waals surface area contributed by atoms with E-state index in [1.807, 2.05) is 6.07 Å². The molecule has 1 unspecified atom stereocenters. The molecule has 1 N–H and O–H groups in total. The molecule has 188 valence electrons. The van der Waals surface area contributed by atoms with Crippen molar-refractivity contribution in [3.8, 4) is 5.69 Å². The van der Waals surface area contributed by atoms with Gasteiger partial charge in [0, 0.05) is 30.3 Å². The second kappa shape index (κ2) is 9.24. The molecule has 2 aromatic carbocycles. The van der Waals surface area contributed by atoms with Crippen LogP contribution in [0.3, 0.4) is 0 Å². The Hall–Kier alpha value is -3.82. The van der Waals surface area contributed by atoms with Crippen molar-refractivity contribution in [3.05, 3.63) is 87.3 Å². The fourth-order valence-corrected chi connectivity index (χ4v) is 5.56. The first kappa shape index (κ1) is 23.6. The number of nitrogens with zero attached hydrogens (tertiary/aromatic N) is 6. The van der Waals surface area contributed by atoms with Crippen LogP contribution in [0.15, 0.2) is 59.8 Å². The highest BCUT2D eigenvalue weighted by Gasteiger charge is 2.25. The van der Waals surface area contributed by atoms with Crippen molar-refractivity contribution >= 4 is 40.0 Å². The first-order chi connectivity index (χ1) is 18.0. The molecule has 0 spiro atoms. The predicted molar refractivity (Wildman–Crippen MR) is 143 cm³/mol. The standard InChI is InChI=1S/C27H25ClFN7O/c1-3-34(4-2)19-13-16-8-9-18(12-17(16)14-19)32-26-31-15-20-24(33-26)35-11-10-30-27(35)36(25(20)37)23-21(28)6-5-7-22(23)29/h5-12,15,19H,3-4,13-14H2,1-2H3,(H,31,32,33). The molecule has 1 aliphatic carbocycles. The predicted octanol–water partition coefficient (Wildman–Crippen LogP) is 4.77. The second-order valence-corrected chi connectivity index (χ2v) is 9.54. The van der Waals surface area contributed by atoms with Crippen LogP contribution in [-0.4, -0.2) is 48.0 Å². The molecule has 0 saturated carbocycles. The molecular weight excluding hydrogens is 493 g/mol. The number of hydrogen-bond donors (Lipinski definition) is 1. The van der Waals surface area contributed by atoms with Crippen LogP contribution >= 0.6 is 11.6 Å². The van der Waals surface area contributed by atoms with Gasteiger partial charge in [0.2, 0.25) is 11.7 Å². The van der Waals surface area contributed by atoms with Gasteiger partial charge in [-0.05, 0) is 61.3 Å². The van der Waals surface area contributed by atoms with Gasteiger partial charge in [-0.3, -0.25) is 9.20 Å². The number of aromatic nitrogens is 5. The quantitative estimate of drug-likeness (QED) is 0.349. The fraction of sp³-hybridized carbons (Fsp3) is 0.259. The van der Waals surface area contributed by atoms with Crippen LogP contribution < -0.4 is 10.9 Å². The molecule has 1 atom stereocenters. The van der Waals surface area contributed by atoms with Crippen LogP contribution in [0.2, 0.25) is 5.02 Å². The lowest BCUT2D eigenvalue weighted by molar-refractivity contribution is 0.223. The first-order valence-electron chi connectivity index (χ1n) is 12.3. The van der Waals surface area contributed by atoms with Crippen molar-refractivity contribution in [2.75, 3.05) is 18.4 Å². The number of fused-ring (bicyclic) bond motifs is 4. The van der Waals surface area contributed by atoms with Crippen molar-refractivity contribution in [2.24, 2.45) is 0 Å². The Balaban J connectivity index is 1.39. The zero-order valence-corrected chi connectivity index (χ0v) is 21.2. The number of benzene rings is 2. The molecule has 0 amide bonds. The summed E-state index contributed by atoms with van der Waals surface area (Å²) in [6.07, 6.45) is 6.71. The van der Waals surface area contributed by atoms with Gasteiger partial charge >= 0.3 is 0 Å². The third kappa shape index (κ3) is 3.95. The van der Waals surface area contributed by atoms with Crippen molar-refractivity contribution in [2.45, 2.75) is 32.7 Å². The molecule has 0 fully saturated rings. The van der Waals surface area contributed by atoms with E-state index >= 15 is 0 Å². The Kier molecular flexibility index (Phi) is 5.89. The topological polar surface area (TPSA) is 80.4 Å². The van der Waals surface area contributed by atoms with Crippen LogP contribution in [0.5, 0.6) is 0 Å². The van der Waals surface area contributed by atoms with E-state index in [0.29, 0.717) is 17.6 Å². The van der Waals surface area contributed by atoms with Gasteiger partial charge in [0.25, 0.3) is 5.56 Å². The maximum absolute atomic E-state index is 14.7. The molecule has 0 bridgehead atoms. The average molecular weight is 518 g/mol. The summed E-state index contributed by atoms with van der Waals surface area (Å²) >= 11 is 6.27. The summed E-state index contributed by atoms with van der Waals surface area (Å²) in [6, 6.07) is 11.1. The zero-order chi connectivity index (χ0) is 25.7. The van der Waals surface area contributed by atoms with Gasteiger partial charge in [0.1, 0.15) is 16.9 Å². The second-order valence-electron chi connectivity index (χ2n) is 9.13. The Labute approximate surface area is 217 Å². The lowest BCUT2D eigenvalue weighted by Gasteiger charge is -2.25. The van der Waals surface area contributed by atoms with Gasteiger partial charge in [-0.15, -0.1) is 0 Å². The molecule has 3 aromatic heterocycles. The summed E-state index contributed by atoms with van der Waals surface area (Å²) in [5.41, 5.74) is 3.37. The van der Waals surface area contributed by atoms with Crippen LogP contribution in [0, 0.1) is 5.82 Å². The number of likely N-dealkylation sites (N-methyl/N-ethyl adjacent to an activating group) is 1. The summed E-state index contributed by atoms with van der Waals surface area (Å²) in [6.45, 7) is 6.48. The zero-order valence-electron chi connectivity index (χ0n) is 20.4. The minimum atomic E-state index is -0.627. The molecule has 5 aromatic rings. The van der Waals surface area contributed by atoms with Crippen molar-refractivity contribution in [1.29, 1.82) is 0 Å². The van der Waals surface area contributed by atoms with Crippen molar-refractivity contribution < 1.29 is 4.39 Å². The minimum absolute atomic E-state index is 0.0596. The number of halogens is 2. The highest BCUT2D eigenvalue weighted by atomic mass is 35.5. The highest BCUT2D eigenvalue weighted by Crippen LogP contribution is 2.29. The van der Waals surface area contributed by atoms with E-state index in [4.69, 9.17) is 11.6 Å². The molecule has 0 saturated heterocycles. The molecule has 1 aliphatic rings. The smallest absolute Gasteiger partial charge is 0.270 e. The Morgan fingerprint density at radius 3 is 2.73 bits per heavy atom. The van der Waals surface area contributed by atoms with Gasteiger partial charge in [-0.2, -0.15) is 4.98 Å². The van der Waals surface area contributed by atoms with Gasteiger partial charge in [0.15, 0.2) is 5.65 Å². The van der Waals surface area contributed by atoms with E-state index in [2.05, 4.69) is 51.1 Å².